The number of carbonyl (C=O) groups excluding carboxylic acids is 1. The second-order valence-corrected chi connectivity index (χ2v) is 8.87. The first-order chi connectivity index (χ1) is 16.0. The number of alkyl halides is 3. The Labute approximate surface area is 194 Å². The molecule has 3 N–H and O–H groups in total. The molecule has 0 aliphatic carbocycles. The van der Waals surface area contributed by atoms with Gasteiger partial charge in [0.25, 0.3) is 0 Å². The zero-order valence-electron chi connectivity index (χ0n) is 18.1. The van der Waals surface area contributed by atoms with E-state index in [2.05, 4.69) is 20.3 Å². The maximum atomic E-state index is 13.6. The maximum absolute atomic E-state index is 13.6. The van der Waals surface area contributed by atoms with Crippen molar-refractivity contribution in [3.05, 3.63) is 71.9 Å². The maximum Gasteiger partial charge on any atom is 0.419 e. The molecular formula is C22H21F3N4O4S. The van der Waals surface area contributed by atoms with Crippen molar-refractivity contribution in [3.63, 3.8) is 0 Å². The summed E-state index contributed by atoms with van der Waals surface area (Å²) in [7, 11) is -1.25. The van der Waals surface area contributed by atoms with E-state index in [9.17, 15) is 26.4 Å². The molecule has 12 heteroatoms. The van der Waals surface area contributed by atoms with Crippen molar-refractivity contribution in [1.82, 2.24) is 9.71 Å². The third kappa shape index (κ3) is 6.02. The Balaban J connectivity index is 1.90. The Morgan fingerprint density at radius 2 is 1.74 bits per heavy atom. The molecule has 0 bridgehead atoms. The lowest BCUT2D eigenvalue weighted by molar-refractivity contribution is -0.137. The predicted octanol–water partition coefficient (Wildman–Crippen LogP) is 3.94. The highest BCUT2D eigenvalue weighted by molar-refractivity contribution is 7.89. The summed E-state index contributed by atoms with van der Waals surface area (Å²) in [6.07, 6.45) is -4.25. The van der Waals surface area contributed by atoms with Crippen molar-refractivity contribution in [3.8, 4) is 5.75 Å². The molecule has 2 aromatic carbocycles. The lowest BCUT2D eigenvalue weighted by Crippen LogP contribution is -2.20. The fraction of sp³-hybridized carbons (Fsp3) is 0.182. The van der Waals surface area contributed by atoms with Gasteiger partial charge < -0.3 is 15.4 Å². The molecule has 8 nitrogen and oxygen atoms in total. The van der Waals surface area contributed by atoms with Crippen LogP contribution in [0.25, 0.3) is 0 Å². The minimum atomic E-state index is -4.78. The second kappa shape index (κ2) is 10.1. The fourth-order valence-corrected chi connectivity index (χ4v) is 3.91. The fourth-order valence-electron chi connectivity index (χ4n) is 3.03. The molecule has 0 aliphatic rings. The van der Waals surface area contributed by atoms with Crippen molar-refractivity contribution >= 4 is 33.1 Å². The second-order valence-electron chi connectivity index (χ2n) is 7.01. The summed E-state index contributed by atoms with van der Waals surface area (Å²) in [6, 6.07) is 13.2. The number of halogens is 3. The van der Waals surface area contributed by atoms with E-state index in [-0.39, 0.29) is 22.8 Å². The molecule has 0 fully saturated rings. The summed E-state index contributed by atoms with van der Waals surface area (Å²) in [4.78, 5) is 15.9. The number of ether oxygens (including phenoxy) is 1. The van der Waals surface area contributed by atoms with E-state index in [1.54, 1.807) is 24.3 Å². The van der Waals surface area contributed by atoms with E-state index in [4.69, 9.17) is 4.74 Å². The van der Waals surface area contributed by atoms with Crippen molar-refractivity contribution in [2.45, 2.75) is 17.5 Å². The third-order valence-corrected chi connectivity index (χ3v) is 6.19. The van der Waals surface area contributed by atoms with Gasteiger partial charge in [-0.1, -0.05) is 24.3 Å². The quantitative estimate of drug-likeness (QED) is 0.438. The SMILES string of the molecule is CNS(=O)(=O)c1ccccc1Nc1cc(NC(=O)Cc2ccc(OC)cc2)ncc1C(F)(F)F. The van der Waals surface area contributed by atoms with Crippen LogP contribution >= 0.6 is 0 Å². The standard InChI is InChI=1S/C22H21F3N4O4S/c1-26-34(31,32)19-6-4-3-5-17(19)28-18-12-20(27-13-16(18)22(23,24)25)29-21(30)11-14-7-9-15(33-2)10-8-14/h3-10,12-13,26H,11H2,1-2H3,(H2,27,28,29,30). The molecule has 34 heavy (non-hydrogen) atoms. The summed E-state index contributed by atoms with van der Waals surface area (Å²) >= 11 is 0. The van der Waals surface area contributed by atoms with Crippen LogP contribution in [0.1, 0.15) is 11.1 Å². The van der Waals surface area contributed by atoms with Crippen molar-refractivity contribution in [2.24, 2.45) is 0 Å². The van der Waals surface area contributed by atoms with Crippen LogP contribution in [0.4, 0.5) is 30.4 Å². The lowest BCUT2D eigenvalue weighted by atomic mass is 10.1. The van der Waals surface area contributed by atoms with Crippen LogP contribution < -0.4 is 20.1 Å². The first-order valence-electron chi connectivity index (χ1n) is 9.83. The van der Waals surface area contributed by atoms with Crippen LogP contribution in [0.3, 0.4) is 0 Å². The number of hydrogen-bond acceptors (Lipinski definition) is 6. The van der Waals surface area contributed by atoms with Gasteiger partial charge in [-0.15, -0.1) is 0 Å². The largest absolute Gasteiger partial charge is 0.497 e. The van der Waals surface area contributed by atoms with Gasteiger partial charge in [-0.25, -0.2) is 18.1 Å². The summed E-state index contributed by atoms with van der Waals surface area (Å²) in [5, 5.41) is 4.98. The van der Waals surface area contributed by atoms with E-state index < -0.39 is 33.4 Å². The van der Waals surface area contributed by atoms with E-state index in [0.717, 1.165) is 6.07 Å². The van der Waals surface area contributed by atoms with Crippen LogP contribution in [-0.4, -0.2) is 33.5 Å². The van der Waals surface area contributed by atoms with E-state index in [1.165, 1.54) is 38.4 Å². The minimum Gasteiger partial charge on any atom is -0.497 e. The molecule has 3 aromatic rings. The number of carbonyl (C=O) groups is 1. The number of anilines is 3. The van der Waals surface area contributed by atoms with Crippen LogP contribution in [-0.2, 0) is 27.4 Å². The molecule has 0 radical (unpaired) electrons. The average Bonchev–Trinajstić information content (AvgIpc) is 2.79. The topological polar surface area (TPSA) is 109 Å². The van der Waals surface area contributed by atoms with Gasteiger partial charge in [0.05, 0.1) is 30.5 Å². The lowest BCUT2D eigenvalue weighted by Gasteiger charge is -2.17. The van der Waals surface area contributed by atoms with Crippen molar-refractivity contribution < 1.29 is 31.1 Å². The van der Waals surface area contributed by atoms with Crippen LogP contribution in [0.2, 0.25) is 0 Å². The molecule has 0 unspecified atom stereocenters. The average molecular weight is 494 g/mol. The zero-order chi connectivity index (χ0) is 24.9. The molecule has 1 amide bonds. The van der Waals surface area contributed by atoms with Crippen molar-refractivity contribution in [1.29, 1.82) is 0 Å². The molecule has 0 saturated carbocycles. The van der Waals surface area contributed by atoms with Gasteiger partial charge in [0.1, 0.15) is 16.5 Å². The Morgan fingerprint density at radius 1 is 1.06 bits per heavy atom. The number of hydrogen-bond donors (Lipinski definition) is 3. The van der Waals surface area contributed by atoms with Gasteiger partial charge >= 0.3 is 6.18 Å². The molecule has 0 saturated heterocycles. The van der Waals surface area contributed by atoms with Crippen LogP contribution in [0.15, 0.2) is 65.7 Å². The van der Waals surface area contributed by atoms with Gasteiger partial charge in [-0.3, -0.25) is 4.79 Å². The highest BCUT2D eigenvalue weighted by atomic mass is 32.2. The monoisotopic (exact) mass is 494 g/mol. The molecule has 3 rings (SSSR count). The number of pyridine rings is 1. The van der Waals surface area contributed by atoms with Crippen LogP contribution in [0, 0.1) is 0 Å². The summed E-state index contributed by atoms with van der Waals surface area (Å²) in [5.41, 5.74) is -1.02. The number of benzene rings is 2. The van der Waals surface area contributed by atoms with E-state index in [1.807, 2.05) is 0 Å². The number of rotatable bonds is 8. The number of nitrogens with one attached hydrogen (secondary N) is 3. The number of sulfonamides is 1. The van der Waals surface area contributed by atoms with Gasteiger partial charge in [0, 0.05) is 12.3 Å². The molecular weight excluding hydrogens is 473 g/mol. The summed E-state index contributed by atoms with van der Waals surface area (Å²) in [6.45, 7) is 0. The first-order valence-corrected chi connectivity index (χ1v) is 11.3. The molecule has 180 valence electrons. The van der Waals surface area contributed by atoms with Gasteiger partial charge in [0.15, 0.2) is 0 Å². The number of aromatic nitrogens is 1. The molecule has 0 spiro atoms. The van der Waals surface area contributed by atoms with Crippen molar-refractivity contribution in [2.75, 3.05) is 24.8 Å². The van der Waals surface area contributed by atoms with E-state index in [0.29, 0.717) is 17.5 Å². The smallest absolute Gasteiger partial charge is 0.419 e. The molecule has 1 aromatic heterocycles. The predicted molar refractivity (Wildman–Crippen MR) is 121 cm³/mol. The Hall–Kier alpha value is -3.64. The minimum absolute atomic E-state index is 0.0430. The molecule has 0 atom stereocenters. The zero-order valence-corrected chi connectivity index (χ0v) is 18.9. The normalized spacial score (nSPS) is 11.7. The van der Waals surface area contributed by atoms with E-state index >= 15 is 0 Å². The summed E-state index contributed by atoms with van der Waals surface area (Å²) < 4.78 is 72.5. The highest BCUT2D eigenvalue weighted by Crippen LogP contribution is 2.37. The van der Waals surface area contributed by atoms with Gasteiger partial charge in [-0.05, 0) is 36.9 Å². The Kier molecular flexibility index (Phi) is 7.42. The molecule has 1 heterocycles. The summed E-state index contributed by atoms with van der Waals surface area (Å²) in [5.74, 6) is -0.0191. The first kappa shape index (κ1) is 25.0. The van der Waals surface area contributed by atoms with Gasteiger partial charge in [-0.2, -0.15) is 13.2 Å². The number of methoxy groups -OCH3 is 1. The number of amides is 1. The van der Waals surface area contributed by atoms with Crippen LogP contribution in [0.5, 0.6) is 5.75 Å². The number of para-hydroxylation sites is 1. The highest BCUT2D eigenvalue weighted by Gasteiger charge is 2.35. The number of nitrogens with zero attached hydrogens (tertiary/aromatic N) is 1. The Bertz CT molecular complexity index is 1280. The third-order valence-electron chi connectivity index (χ3n) is 4.72. The molecule has 0 aliphatic heterocycles. The van der Waals surface area contributed by atoms with Gasteiger partial charge in [0.2, 0.25) is 15.9 Å². The Morgan fingerprint density at radius 3 is 2.35 bits per heavy atom.